The number of halogens is 1. The number of benzene rings is 3. The Kier molecular flexibility index (Phi) is 3.76. The zero-order valence-corrected chi connectivity index (χ0v) is 13.2. The summed E-state index contributed by atoms with van der Waals surface area (Å²) in [6.07, 6.45) is 0. The summed E-state index contributed by atoms with van der Waals surface area (Å²) in [5.74, 6) is -0.00832. The molecule has 0 heterocycles. The van der Waals surface area contributed by atoms with Gasteiger partial charge in [-0.1, -0.05) is 46.3 Å². The number of para-hydroxylation sites is 1. The van der Waals surface area contributed by atoms with Crippen LogP contribution in [0.1, 0.15) is 10.4 Å². The van der Waals surface area contributed by atoms with Crippen molar-refractivity contribution in [3.63, 3.8) is 0 Å². The van der Waals surface area contributed by atoms with Crippen molar-refractivity contribution in [2.24, 2.45) is 0 Å². The highest BCUT2D eigenvalue weighted by Crippen LogP contribution is 2.22. The van der Waals surface area contributed by atoms with E-state index < -0.39 is 0 Å². The number of rotatable bonds is 2. The van der Waals surface area contributed by atoms with Crippen molar-refractivity contribution >= 4 is 38.3 Å². The molecule has 2 nitrogen and oxygen atoms in total. The second kappa shape index (κ2) is 5.70. The Balaban J connectivity index is 1.96. The highest BCUT2D eigenvalue weighted by Gasteiger charge is 2.13. The maximum Gasteiger partial charge on any atom is 0.258 e. The Morgan fingerprint density at radius 1 is 0.905 bits per heavy atom. The Morgan fingerprint density at radius 2 is 1.57 bits per heavy atom. The molecule has 0 atom stereocenters. The van der Waals surface area contributed by atoms with Crippen LogP contribution in [0.3, 0.4) is 0 Å². The molecule has 3 rings (SSSR count). The molecule has 3 aromatic carbocycles. The van der Waals surface area contributed by atoms with Crippen molar-refractivity contribution in [2.45, 2.75) is 0 Å². The first-order valence-corrected chi connectivity index (χ1v) is 7.47. The molecular weight excluding hydrogens is 326 g/mol. The van der Waals surface area contributed by atoms with E-state index in [0.717, 1.165) is 20.9 Å². The third kappa shape index (κ3) is 2.83. The van der Waals surface area contributed by atoms with E-state index in [2.05, 4.69) is 15.9 Å². The highest BCUT2D eigenvalue weighted by atomic mass is 79.9. The summed E-state index contributed by atoms with van der Waals surface area (Å²) in [7, 11) is 1.80. The first-order valence-electron chi connectivity index (χ1n) is 6.67. The van der Waals surface area contributed by atoms with Crippen LogP contribution in [-0.2, 0) is 0 Å². The summed E-state index contributed by atoms with van der Waals surface area (Å²) in [4.78, 5) is 14.2. The minimum absolute atomic E-state index is 0.00832. The van der Waals surface area contributed by atoms with Crippen molar-refractivity contribution in [1.29, 1.82) is 0 Å². The highest BCUT2D eigenvalue weighted by molar-refractivity contribution is 9.10. The molecule has 0 aliphatic rings. The van der Waals surface area contributed by atoms with E-state index in [1.165, 1.54) is 0 Å². The van der Waals surface area contributed by atoms with Gasteiger partial charge in [0.1, 0.15) is 0 Å². The number of hydrogen-bond donors (Lipinski definition) is 0. The van der Waals surface area contributed by atoms with Crippen molar-refractivity contribution in [1.82, 2.24) is 0 Å². The number of carbonyl (C=O) groups is 1. The molecule has 0 saturated heterocycles. The minimum Gasteiger partial charge on any atom is -0.311 e. The number of carbonyl (C=O) groups excluding carboxylic acids is 1. The van der Waals surface area contributed by atoms with Gasteiger partial charge in [-0.3, -0.25) is 4.79 Å². The van der Waals surface area contributed by atoms with Gasteiger partial charge in [0, 0.05) is 22.8 Å². The fourth-order valence-electron chi connectivity index (χ4n) is 2.31. The fraction of sp³-hybridized carbons (Fsp3) is 0.0556. The molecule has 3 heteroatoms. The summed E-state index contributed by atoms with van der Waals surface area (Å²) in [5, 5.41) is 2.17. The van der Waals surface area contributed by atoms with E-state index in [1.807, 2.05) is 66.7 Å². The predicted molar refractivity (Wildman–Crippen MR) is 90.8 cm³/mol. The van der Waals surface area contributed by atoms with Crippen LogP contribution in [0.4, 0.5) is 5.69 Å². The number of fused-ring (bicyclic) bond motifs is 1. The van der Waals surface area contributed by atoms with Crippen molar-refractivity contribution in [3.8, 4) is 0 Å². The molecule has 0 bridgehead atoms. The van der Waals surface area contributed by atoms with E-state index >= 15 is 0 Å². The van der Waals surface area contributed by atoms with Crippen molar-refractivity contribution in [3.05, 3.63) is 76.8 Å². The minimum atomic E-state index is -0.00832. The van der Waals surface area contributed by atoms with Crippen LogP contribution in [0.5, 0.6) is 0 Å². The average molecular weight is 340 g/mol. The fourth-order valence-corrected chi connectivity index (χ4v) is 2.69. The lowest BCUT2D eigenvalue weighted by molar-refractivity contribution is 0.0993. The smallest absolute Gasteiger partial charge is 0.258 e. The summed E-state index contributed by atoms with van der Waals surface area (Å²) < 4.78 is 1.04. The molecule has 0 aromatic heterocycles. The average Bonchev–Trinajstić information content (AvgIpc) is 2.53. The summed E-state index contributed by atoms with van der Waals surface area (Å²) in [6, 6.07) is 21.5. The maximum absolute atomic E-state index is 12.6. The topological polar surface area (TPSA) is 20.3 Å². The molecule has 0 fully saturated rings. The van der Waals surface area contributed by atoms with Crippen LogP contribution in [0, 0.1) is 0 Å². The van der Waals surface area contributed by atoms with E-state index in [-0.39, 0.29) is 5.91 Å². The largest absolute Gasteiger partial charge is 0.311 e. The summed E-state index contributed by atoms with van der Waals surface area (Å²) >= 11 is 3.46. The lowest BCUT2D eigenvalue weighted by Crippen LogP contribution is -2.26. The lowest BCUT2D eigenvalue weighted by atomic mass is 10.1. The van der Waals surface area contributed by atoms with Gasteiger partial charge < -0.3 is 4.90 Å². The molecule has 1 amide bonds. The van der Waals surface area contributed by atoms with E-state index in [4.69, 9.17) is 0 Å². The molecular formula is C18H14BrNO. The predicted octanol–water partition coefficient (Wildman–Crippen LogP) is 4.88. The van der Waals surface area contributed by atoms with Crippen LogP contribution in [0.25, 0.3) is 10.8 Å². The van der Waals surface area contributed by atoms with Gasteiger partial charge in [0.2, 0.25) is 0 Å². The zero-order chi connectivity index (χ0) is 14.8. The first-order chi connectivity index (χ1) is 10.1. The van der Waals surface area contributed by atoms with E-state index in [0.29, 0.717) is 5.56 Å². The molecule has 0 radical (unpaired) electrons. The van der Waals surface area contributed by atoms with Crippen molar-refractivity contribution in [2.75, 3.05) is 11.9 Å². The maximum atomic E-state index is 12.6. The second-order valence-electron chi connectivity index (χ2n) is 4.91. The standard InChI is InChI=1S/C18H14BrNO/c1-20(17-5-3-2-4-6-17)18(21)15-8-7-14-12-16(19)10-9-13(14)11-15/h2-12H,1H3. The van der Waals surface area contributed by atoms with Gasteiger partial charge in [-0.25, -0.2) is 0 Å². The first kappa shape index (κ1) is 13.8. The molecule has 21 heavy (non-hydrogen) atoms. The second-order valence-corrected chi connectivity index (χ2v) is 5.82. The van der Waals surface area contributed by atoms with Gasteiger partial charge in [-0.2, -0.15) is 0 Å². The Labute approximate surface area is 132 Å². The van der Waals surface area contributed by atoms with Gasteiger partial charge in [0.25, 0.3) is 5.91 Å². The monoisotopic (exact) mass is 339 g/mol. The van der Waals surface area contributed by atoms with Gasteiger partial charge in [0.05, 0.1) is 0 Å². The number of hydrogen-bond acceptors (Lipinski definition) is 1. The van der Waals surface area contributed by atoms with Crippen LogP contribution >= 0.6 is 15.9 Å². The van der Waals surface area contributed by atoms with E-state index in [1.54, 1.807) is 11.9 Å². The lowest BCUT2D eigenvalue weighted by Gasteiger charge is -2.17. The van der Waals surface area contributed by atoms with Gasteiger partial charge in [-0.15, -0.1) is 0 Å². The Hall–Kier alpha value is -2.13. The third-order valence-corrected chi connectivity index (χ3v) is 3.99. The Bertz CT molecular complexity index is 799. The molecule has 3 aromatic rings. The molecule has 0 unspecified atom stereocenters. The van der Waals surface area contributed by atoms with Gasteiger partial charge in [0.15, 0.2) is 0 Å². The molecule has 0 aliphatic carbocycles. The molecule has 0 spiro atoms. The van der Waals surface area contributed by atoms with Gasteiger partial charge >= 0.3 is 0 Å². The number of amides is 1. The third-order valence-electron chi connectivity index (χ3n) is 3.50. The zero-order valence-electron chi connectivity index (χ0n) is 11.6. The quantitative estimate of drug-likeness (QED) is 0.651. The molecule has 0 aliphatic heterocycles. The molecule has 0 N–H and O–H groups in total. The number of anilines is 1. The van der Waals surface area contributed by atoms with E-state index in [9.17, 15) is 4.79 Å². The summed E-state index contributed by atoms with van der Waals surface area (Å²) in [5.41, 5.74) is 1.58. The summed E-state index contributed by atoms with van der Waals surface area (Å²) in [6.45, 7) is 0. The van der Waals surface area contributed by atoms with Crippen molar-refractivity contribution < 1.29 is 4.79 Å². The molecule has 104 valence electrons. The normalized spacial score (nSPS) is 10.6. The Morgan fingerprint density at radius 3 is 2.33 bits per heavy atom. The van der Waals surface area contributed by atoms with Crippen LogP contribution in [0.2, 0.25) is 0 Å². The SMILES string of the molecule is CN(C(=O)c1ccc2cc(Br)ccc2c1)c1ccccc1. The van der Waals surface area contributed by atoms with Crippen LogP contribution < -0.4 is 4.90 Å². The molecule has 0 saturated carbocycles. The van der Waals surface area contributed by atoms with Crippen LogP contribution in [0.15, 0.2) is 71.2 Å². The number of nitrogens with zero attached hydrogens (tertiary/aromatic N) is 1. The van der Waals surface area contributed by atoms with Gasteiger partial charge in [-0.05, 0) is 47.2 Å². The van der Waals surface area contributed by atoms with Crippen LogP contribution in [-0.4, -0.2) is 13.0 Å².